The molecule has 4 aromatic rings. The van der Waals surface area contributed by atoms with Gasteiger partial charge in [0.25, 0.3) is 0 Å². The zero-order chi connectivity index (χ0) is 18.2. The summed E-state index contributed by atoms with van der Waals surface area (Å²) in [5.41, 5.74) is 1.87. The summed E-state index contributed by atoms with van der Waals surface area (Å²) in [6.07, 6.45) is 7.53. The van der Waals surface area contributed by atoms with Gasteiger partial charge in [-0.25, -0.2) is 15.0 Å². The predicted molar refractivity (Wildman–Crippen MR) is 108 cm³/mol. The van der Waals surface area contributed by atoms with Crippen molar-refractivity contribution in [3.8, 4) is 5.75 Å². The molecule has 7 nitrogen and oxygen atoms in total. The van der Waals surface area contributed by atoms with Crippen LogP contribution in [0.5, 0.6) is 5.75 Å². The number of thiazole rings is 1. The van der Waals surface area contributed by atoms with Crippen LogP contribution in [-0.4, -0.2) is 52.1 Å². The van der Waals surface area contributed by atoms with Crippen molar-refractivity contribution in [2.24, 2.45) is 0 Å². The molecule has 0 unspecified atom stereocenters. The highest BCUT2D eigenvalue weighted by molar-refractivity contribution is 7.22. The number of imidazole rings is 1. The van der Waals surface area contributed by atoms with E-state index in [0.717, 1.165) is 54.0 Å². The molecule has 0 amide bonds. The predicted octanol–water partition coefficient (Wildman–Crippen LogP) is 3.06. The summed E-state index contributed by atoms with van der Waals surface area (Å²) >= 11 is 1.73. The molecule has 1 aliphatic heterocycles. The van der Waals surface area contributed by atoms with Gasteiger partial charge in [-0.05, 0) is 19.1 Å². The molecule has 0 radical (unpaired) electrons. The molecule has 0 spiro atoms. The summed E-state index contributed by atoms with van der Waals surface area (Å²) in [5.74, 6) is 1.82. The first-order valence-corrected chi connectivity index (χ1v) is 9.95. The number of ether oxygens (including phenoxy) is 1. The van der Waals surface area contributed by atoms with Crippen molar-refractivity contribution >= 4 is 38.2 Å². The van der Waals surface area contributed by atoms with Crippen LogP contribution in [-0.2, 0) is 0 Å². The SMILES string of the molecule is CCOc1cccc2sc(N3CCN(c4nccn5ccnc45)CC3)nc12. The molecule has 5 rings (SSSR count). The van der Waals surface area contributed by atoms with Crippen LogP contribution >= 0.6 is 11.3 Å². The van der Waals surface area contributed by atoms with E-state index < -0.39 is 0 Å². The molecule has 1 fully saturated rings. The van der Waals surface area contributed by atoms with E-state index in [1.54, 1.807) is 11.3 Å². The van der Waals surface area contributed by atoms with E-state index in [4.69, 9.17) is 9.72 Å². The van der Waals surface area contributed by atoms with E-state index in [2.05, 4.69) is 25.8 Å². The average Bonchev–Trinajstić information content (AvgIpc) is 3.35. The molecular formula is C19H20N6OS. The highest BCUT2D eigenvalue weighted by Gasteiger charge is 2.23. The van der Waals surface area contributed by atoms with Crippen LogP contribution < -0.4 is 14.5 Å². The molecule has 0 N–H and O–H groups in total. The lowest BCUT2D eigenvalue weighted by Crippen LogP contribution is -2.47. The second kappa shape index (κ2) is 6.70. The molecule has 0 atom stereocenters. The lowest BCUT2D eigenvalue weighted by atomic mass is 10.3. The monoisotopic (exact) mass is 380 g/mol. The molecule has 1 aliphatic rings. The second-order valence-electron chi connectivity index (χ2n) is 6.42. The van der Waals surface area contributed by atoms with Crippen LogP contribution in [0.2, 0.25) is 0 Å². The molecular weight excluding hydrogens is 360 g/mol. The Kier molecular flexibility index (Phi) is 4.05. The highest BCUT2D eigenvalue weighted by Crippen LogP contribution is 2.34. The van der Waals surface area contributed by atoms with Crippen molar-refractivity contribution in [3.63, 3.8) is 0 Å². The number of piperazine rings is 1. The molecule has 0 bridgehead atoms. The van der Waals surface area contributed by atoms with E-state index in [1.165, 1.54) is 4.70 Å². The molecule has 27 heavy (non-hydrogen) atoms. The Morgan fingerprint density at radius 1 is 1.04 bits per heavy atom. The maximum atomic E-state index is 5.73. The van der Waals surface area contributed by atoms with Gasteiger partial charge in [-0.3, -0.25) is 0 Å². The maximum Gasteiger partial charge on any atom is 0.186 e. The molecule has 8 heteroatoms. The van der Waals surface area contributed by atoms with Crippen LogP contribution in [0.1, 0.15) is 6.92 Å². The van der Waals surface area contributed by atoms with Crippen molar-refractivity contribution in [2.45, 2.75) is 6.92 Å². The number of rotatable bonds is 4. The number of nitrogens with zero attached hydrogens (tertiary/aromatic N) is 6. The first-order valence-electron chi connectivity index (χ1n) is 9.13. The Hall–Kier alpha value is -2.87. The summed E-state index contributed by atoms with van der Waals surface area (Å²) in [5, 5.41) is 1.06. The van der Waals surface area contributed by atoms with Gasteiger partial charge >= 0.3 is 0 Å². The second-order valence-corrected chi connectivity index (χ2v) is 7.42. The fraction of sp³-hybridized carbons (Fsp3) is 0.316. The van der Waals surface area contributed by atoms with Gasteiger partial charge in [0.05, 0.1) is 11.3 Å². The maximum absolute atomic E-state index is 5.73. The van der Waals surface area contributed by atoms with E-state index >= 15 is 0 Å². The van der Waals surface area contributed by atoms with Crippen molar-refractivity contribution in [1.29, 1.82) is 0 Å². The van der Waals surface area contributed by atoms with Gasteiger partial charge in [-0.15, -0.1) is 0 Å². The van der Waals surface area contributed by atoms with Gasteiger partial charge in [-0.1, -0.05) is 17.4 Å². The Morgan fingerprint density at radius 3 is 2.63 bits per heavy atom. The quantitative estimate of drug-likeness (QED) is 0.542. The number of hydrogen-bond acceptors (Lipinski definition) is 7. The van der Waals surface area contributed by atoms with Crippen molar-refractivity contribution < 1.29 is 4.74 Å². The third-order valence-corrected chi connectivity index (χ3v) is 5.89. The third-order valence-electron chi connectivity index (χ3n) is 4.81. The minimum atomic E-state index is 0.650. The van der Waals surface area contributed by atoms with Crippen LogP contribution in [0.15, 0.2) is 43.0 Å². The number of para-hydroxylation sites is 1. The lowest BCUT2D eigenvalue weighted by Gasteiger charge is -2.35. The van der Waals surface area contributed by atoms with E-state index in [1.807, 2.05) is 48.2 Å². The minimum absolute atomic E-state index is 0.650. The van der Waals surface area contributed by atoms with Gasteiger partial charge < -0.3 is 18.9 Å². The van der Waals surface area contributed by atoms with E-state index in [-0.39, 0.29) is 0 Å². The first kappa shape index (κ1) is 16.3. The van der Waals surface area contributed by atoms with Crippen molar-refractivity contribution in [3.05, 3.63) is 43.0 Å². The largest absolute Gasteiger partial charge is 0.492 e. The van der Waals surface area contributed by atoms with E-state index in [9.17, 15) is 0 Å². The molecule has 4 heterocycles. The number of aromatic nitrogens is 4. The van der Waals surface area contributed by atoms with Crippen LogP contribution in [0.25, 0.3) is 15.9 Å². The van der Waals surface area contributed by atoms with Gasteiger partial charge in [-0.2, -0.15) is 0 Å². The highest BCUT2D eigenvalue weighted by atomic mass is 32.1. The lowest BCUT2D eigenvalue weighted by molar-refractivity contribution is 0.344. The fourth-order valence-electron chi connectivity index (χ4n) is 3.49. The summed E-state index contributed by atoms with van der Waals surface area (Å²) in [4.78, 5) is 18.5. The summed E-state index contributed by atoms with van der Waals surface area (Å²) in [7, 11) is 0. The minimum Gasteiger partial charge on any atom is -0.492 e. The zero-order valence-corrected chi connectivity index (χ0v) is 15.9. The Balaban J connectivity index is 1.37. The normalized spacial score (nSPS) is 15.0. The Morgan fingerprint density at radius 2 is 1.81 bits per heavy atom. The van der Waals surface area contributed by atoms with Crippen molar-refractivity contribution in [2.75, 3.05) is 42.6 Å². The summed E-state index contributed by atoms with van der Waals surface area (Å²) < 4.78 is 8.91. The van der Waals surface area contributed by atoms with Crippen LogP contribution in [0, 0.1) is 0 Å². The van der Waals surface area contributed by atoms with Gasteiger partial charge in [0.2, 0.25) is 0 Å². The standard InChI is InChI=1S/C19H20N6OS/c1-2-26-14-4-3-5-15-16(14)22-19(27-15)25-12-10-24(11-13-25)18-17-20-6-8-23(17)9-7-21-18/h3-9H,2,10-13H2,1H3. The Bertz CT molecular complexity index is 1080. The summed E-state index contributed by atoms with van der Waals surface area (Å²) in [6, 6.07) is 6.13. The average molecular weight is 380 g/mol. The molecule has 0 saturated carbocycles. The molecule has 138 valence electrons. The Labute approximate surface area is 160 Å². The number of benzene rings is 1. The first-order chi connectivity index (χ1) is 13.3. The molecule has 3 aromatic heterocycles. The van der Waals surface area contributed by atoms with Crippen molar-refractivity contribution in [1.82, 2.24) is 19.4 Å². The molecule has 1 saturated heterocycles. The molecule has 1 aromatic carbocycles. The molecule has 0 aliphatic carbocycles. The zero-order valence-electron chi connectivity index (χ0n) is 15.1. The third kappa shape index (κ3) is 2.86. The number of hydrogen-bond donors (Lipinski definition) is 0. The van der Waals surface area contributed by atoms with Gasteiger partial charge in [0.15, 0.2) is 16.6 Å². The summed E-state index contributed by atoms with van der Waals surface area (Å²) in [6.45, 7) is 6.26. The fourth-order valence-corrected chi connectivity index (χ4v) is 4.53. The number of anilines is 2. The van der Waals surface area contributed by atoms with Gasteiger partial charge in [0.1, 0.15) is 11.3 Å². The van der Waals surface area contributed by atoms with E-state index in [0.29, 0.717) is 6.61 Å². The van der Waals surface area contributed by atoms with Crippen LogP contribution in [0.4, 0.5) is 10.9 Å². The topological polar surface area (TPSA) is 58.8 Å². The smallest absolute Gasteiger partial charge is 0.186 e. The van der Waals surface area contributed by atoms with Crippen LogP contribution in [0.3, 0.4) is 0 Å². The van der Waals surface area contributed by atoms with Gasteiger partial charge in [0, 0.05) is 51.0 Å². The number of fused-ring (bicyclic) bond motifs is 2.